The SMILES string of the molecule is Cc1oc(C)c(S(=O)(=O)NCCC#N)c1C(=O)O. The molecule has 0 aliphatic carbocycles. The Morgan fingerprint density at radius 2 is 2.06 bits per heavy atom. The van der Waals surface area contributed by atoms with Crippen LogP contribution in [0.25, 0.3) is 0 Å². The Balaban J connectivity index is 3.25. The highest BCUT2D eigenvalue weighted by atomic mass is 32.2. The lowest BCUT2D eigenvalue weighted by Crippen LogP contribution is -2.26. The third kappa shape index (κ3) is 2.69. The maximum Gasteiger partial charge on any atom is 0.340 e. The van der Waals surface area contributed by atoms with Gasteiger partial charge in [0.05, 0.1) is 6.07 Å². The standard InChI is InChI=1S/C10H12N2O5S/c1-6-8(10(13)14)9(7(2)17-6)18(15,16)12-5-3-4-11/h12H,3,5H2,1-2H3,(H,13,14). The number of nitrogens with zero attached hydrogens (tertiary/aromatic N) is 1. The fourth-order valence-corrected chi connectivity index (χ4v) is 2.98. The number of aromatic carboxylic acids is 1. The number of nitriles is 1. The molecular formula is C10H12N2O5S. The van der Waals surface area contributed by atoms with Crippen molar-refractivity contribution in [2.45, 2.75) is 25.2 Å². The van der Waals surface area contributed by atoms with E-state index in [-0.39, 0.29) is 34.9 Å². The first-order chi connectivity index (χ1) is 8.31. The molecule has 0 aromatic carbocycles. The Morgan fingerprint density at radius 1 is 1.44 bits per heavy atom. The fourth-order valence-electron chi connectivity index (χ4n) is 1.55. The van der Waals surface area contributed by atoms with Gasteiger partial charge in [0.25, 0.3) is 0 Å². The van der Waals surface area contributed by atoms with Crippen molar-refractivity contribution < 1.29 is 22.7 Å². The number of nitrogens with one attached hydrogen (secondary N) is 1. The summed E-state index contributed by atoms with van der Waals surface area (Å²) in [6, 6.07) is 1.78. The number of hydrogen-bond donors (Lipinski definition) is 2. The molecule has 8 heteroatoms. The van der Waals surface area contributed by atoms with Gasteiger partial charge in [0, 0.05) is 13.0 Å². The van der Waals surface area contributed by atoms with Crippen LogP contribution in [0.2, 0.25) is 0 Å². The fraction of sp³-hybridized carbons (Fsp3) is 0.400. The van der Waals surface area contributed by atoms with Gasteiger partial charge in [0.1, 0.15) is 22.0 Å². The normalized spacial score (nSPS) is 11.2. The zero-order chi connectivity index (χ0) is 13.9. The smallest absolute Gasteiger partial charge is 0.340 e. The largest absolute Gasteiger partial charge is 0.478 e. The molecule has 0 fully saturated rings. The molecule has 0 unspecified atom stereocenters. The second-order valence-electron chi connectivity index (χ2n) is 3.53. The minimum Gasteiger partial charge on any atom is -0.478 e. The van der Waals surface area contributed by atoms with E-state index in [2.05, 4.69) is 4.72 Å². The van der Waals surface area contributed by atoms with Crippen molar-refractivity contribution in [3.8, 4) is 6.07 Å². The summed E-state index contributed by atoms with van der Waals surface area (Å²) < 4.78 is 31.0. The molecule has 0 atom stereocenters. The van der Waals surface area contributed by atoms with Crippen LogP contribution in [-0.4, -0.2) is 26.0 Å². The molecule has 1 heterocycles. The van der Waals surface area contributed by atoms with Crippen LogP contribution >= 0.6 is 0 Å². The van der Waals surface area contributed by atoms with E-state index in [1.165, 1.54) is 13.8 Å². The van der Waals surface area contributed by atoms with Crippen LogP contribution in [0.3, 0.4) is 0 Å². The lowest BCUT2D eigenvalue weighted by Gasteiger charge is -2.04. The lowest BCUT2D eigenvalue weighted by molar-refractivity contribution is 0.0691. The molecule has 0 radical (unpaired) electrons. The number of hydrogen-bond acceptors (Lipinski definition) is 5. The van der Waals surface area contributed by atoms with Gasteiger partial charge >= 0.3 is 5.97 Å². The quantitative estimate of drug-likeness (QED) is 0.764. The highest BCUT2D eigenvalue weighted by Crippen LogP contribution is 2.26. The maximum absolute atomic E-state index is 11.9. The third-order valence-electron chi connectivity index (χ3n) is 2.22. The summed E-state index contributed by atoms with van der Waals surface area (Å²) in [5.74, 6) is -1.33. The highest BCUT2D eigenvalue weighted by Gasteiger charge is 2.30. The zero-order valence-corrected chi connectivity index (χ0v) is 10.7. The lowest BCUT2D eigenvalue weighted by atomic mass is 10.2. The number of carboxylic acids is 1. The van der Waals surface area contributed by atoms with Gasteiger partial charge < -0.3 is 9.52 Å². The van der Waals surface area contributed by atoms with Crippen LogP contribution in [0.4, 0.5) is 0 Å². The van der Waals surface area contributed by atoms with Crippen molar-refractivity contribution in [2.24, 2.45) is 0 Å². The minimum absolute atomic E-state index is 0.00246. The summed E-state index contributed by atoms with van der Waals surface area (Å²) >= 11 is 0. The molecule has 0 amide bonds. The summed E-state index contributed by atoms with van der Waals surface area (Å²) in [4.78, 5) is 10.6. The summed E-state index contributed by atoms with van der Waals surface area (Å²) in [6.45, 7) is 2.67. The minimum atomic E-state index is -3.99. The highest BCUT2D eigenvalue weighted by molar-refractivity contribution is 7.89. The summed E-state index contributed by atoms with van der Waals surface area (Å²) in [5, 5.41) is 17.3. The molecule has 0 aliphatic heterocycles. The predicted octanol–water partition coefficient (Wildman–Crippen LogP) is 0.787. The van der Waals surface area contributed by atoms with Gasteiger partial charge in [-0.25, -0.2) is 17.9 Å². The van der Waals surface area contributed by atoms with Crippen LogP contribution in [0.1, 0.15) is 28.3 Å². The number of rotatable bonds is 5. The number of furan rings is 1. The first kappa shape index (κ1) is 14.2. The van der Waals surface area contributed by atoms with Crippen LogP contribution in [0, 0.1) is 25.2 Å². The van der Waals surface area contributed by atoms with Crippen molar-refractivity contribution >= 4 is 16.0 Å². The third-order valence-corrected chi connectivity index (χ3v) is 3.83. The van der Waals surface area contributed by atoms with E-state index in [9.17, 15) is 13.2 Å². The van der Waals surface area contributed by atoms with Gasteiger partial charge in [-0.15, -0.1) is 0 Å². The van der Waals surface area contributed by atoms with E-state index in [0.29, 0.717) is 0 Å². The number of carboxylic acid groups (broad SMARTS) is 1. The van der Waals surface area contributed by atoms with Gasteiger partial charge in [-0.2, -0.15) is 5.26 Å². The first-order valence-corrected chi connectivity index (χ1v) is 6.49. The van der Waals surface area contributed by atoms with E-state index in [0.717, 1.165) is 0 Å². The van der Waals surface area contributed by atoms with E-state index < -0.39 is 16.0 Å². The predicted molar refractivity (Wildman–Crippen MR) is 60.6 cm³/mol. The molecule has 0 saturated carbocycles. The first-order valence-electron chi connectivity index (χ1n) is 5.01. The van der Waals surface area contributed by atoms with E-state index in [4.69, 9.17) is 14.8 Å². The summed E-state index contributed by atoms with van der Waals surface area (Å²) in [6.07, 6.45) is -0.00246. The van der Waals surface area contributed by atoms with E-state index in [1.807, 2.05) is 0 Å². The second-order valence-corrected chi connectivity index (χ2v) is 5.23. The Hall–Kier alpha value is -1.85. The number of sulfonamides is 1. The average molecular weight is 272 g/mol. The Labute approximate surface area is 104 Å². The Morgan fingerprint density at radius 3 is 2.56 bits per heavy atom. The van der Waals surface area contributed by atoms with Gasteiger partial charge in [0.15, 0.2) is 0 Å². The Kier molecular flexibility index (Phi) is 4.11. The molecule has 2 N–H and O–H groups in total. The Bertz CT molecular complexity index is 609. The van der Waals surface area contributed by atoms with Crippen molar-refractivity contribution in [2.75, 3.05) is 6.54 Å². The molecule has 0 bridgehead atoms. The molecule has 1 rings (SSSR count). The molecule has 98 valence electrons. The number of carbonyl (C=O) groups is 1. The monoisotopic (exact) mass is 272 g/mol. The van der Waals surface area contributed by atoms with E-state index >= 15 is 0 Å². The molecule has 1 aromatic heterocycles. The van der Waals surface area contributed by atoms with Crippen molar-refractivity contribution in [1.82, 2.24) is 4.72 Å². The molecule has 0 saturated heterocycles. The number of aryl methyl sites for hydroxylation is 2. The van der Waals surface area contributed by atoms with Crippen molar-refractivity contribution in [3.05, 3.63) is 17.1 Å². The molecule has 7 nitrogen and oxygen atoms in total. The zero-order valence-electron chi connectivity index (χ0n) is 9.85. The van der Waals surface area contributed by atoms with Crippen LogP contribution in [-0.2, 0) is 10.0 Å². The molecule has 1 aromatic rings. The second kappa shape index (κ2) is 5.20. The van der Waals surface area contributed by atoms with Gasteiger partial charge in [-0.05, 0) is 13.8 Å². The van der Waals surface area contributed by atoms with Gasteiger partial charge in [0.2, 0.25) is 10.0 Å². The van der Waals surface area contributed by atoms with E-state index in [1.54, 1.807) is 6.07 Å². The van der Waals surface area contributed by atoms with Crippen molar-refractivity contribution in [3.63, 3.8) is 0 Å². The van der Waals surface area contributed by atoms with Crippen LogP contribution in [0.5, 0.6) is 0 Å². The van der Waals surface area contributed by atoms with Crippen molar-refractivity contribution in [1.29, 1.82) is 5.26 Å². The molecule has 18 heavy (non-hydrogen) atoms. The average Bonchev–Trinajstić information content (AvgIpc) is 2.54. The van der Waals surface area contributed by atoms with Crippen LogP contribution in [0.15, 0.2) is 9.31 Å². The van der Waals surface area contributed by atoms with Gasteiger partial charge in [-0.3, -0.25) is 0 Å². The van der Waals surface area contributed by atoms with Gasteiger partial charge in [-0.1, -0.05) is 0 Å². The topological polar surface area (TPSA) is 120 Å². The summed E-state index contributed by atoms with van der Waals surface area (Å²) in [5.41, 5.74) is -0.378. The molecule has 0 aliphatic rings. The van der Waals surface area contributed by atoms with Crippen LogP contribution < -0.4 is 4.72 Å². The molecular weight excluding hydrogens is 260 g/mol. The maximum atomic E-state index is 11.9. The molecule has 0 spiro atoms. The summed E-state index contributed by atoms with van der Waals surface area (Å²) in [7, 11) is -3.99.